The van der Waals surface area contributed by atoms with Gasteiger partial charge in [-0.05, 0) is 59.7 Å². The van der Waals surface area contributed by atoms with Crippen LogP contribution in [0.15, 0.2) is 77.5 Å². The third-order valence-electron chi connectivity index (χ3n) is 4.82. The molecule has 4 rings (SSSR count). The van der Waals surface area contributed by atoms with Gasteiger partial charge < -0.3 is 24.6 Å². The number of carbonyl (C=O) groups is 2. The van der Waals surface area contributed by atoms with Gasteiger partial charge in [-0.2, -0.15) is 5.10 Å². The van der Waals surface area contributed by atoms with Crippen LogP contribution in [0.1, 0.15) is 21.5 Å². The number of nitrogens with zero attached hydrogens (tertiary/aromatic N) is 1. The van der Waals surface area contributed by atoms with Gasteiger partial charge in [0.1, 0.15) is 5.70 Å². The summed E-state index contributed by atoms with van der Waals surface area (Å²) in [6, 6.07) is 18.3. The Morgan fingerprint density at radius 2 is 1.76 bits per heavy atom. The van der Waals surface area contributed by atoms with Crippen LogP contribution in [0.4, 0.5) is 0 Å². The van der Waals surface area contributed by atoms with Gasteiger partial charge in [-0.1, -0.05) is 24.3 Å². The van der Waals surface area contributed by atoms with Crippen LogP contribution >= 0.6 is 0 Å². The van der Waals surface area contributed by atoms with Crippen molar-refractivity contribution in [3.63, 3.8) is 0 Å². The Morgan fingerprint density at radius 3 is 2.56 bits per heavy atom. The Balaban J connectivity index is 1.55. The van der Waals surface area contributed by atoms with E-state index < -0.39 is 11.8 Å². The van der Waals surface area contributed by atoms with Crippen LogP contribution in [0, 0.1) is 0 Å². The van der Waals surface area contributed by atoms with Crippen LogP contribution in [-0.4, -0.2) is 37.0 Å². The van der Waals surface area contributed by atoms with Crippen LogP contribution in [0.25, 0.3) is 6.08 Å². The molecule has 0 saturated heterocycles. The molecule has 34 heavy (non-hydrogen) atoms. The van der Waals surface area contributed by atoms with Crippen molar-refractivity contribution in [3.05, 3.63) is 89.1 Å². The Morgan fingerprint density at radius 1 is 1.00 bits per heavy atom. The molecule has 0 saturated carbocycles. The summed E-state index contributed by atoms with van der Waals surface area (Å²) in [4.78, 5) is 25.6. The van der Waals surface area contributed by atoms with Crippen LogP contribution < -0.4 is 25.0 Å². The zero-order valence-corrected chi connectivity index (χ0v) is 18.1. The molecule has 1 aliphatic heterocycles. The first-order valence-electron chi connectivity index (χ1n) is 10.2. The lowest BCUT2D eigenvalue weighted by Gasteiger charge is -2.09. The number of methoxy groups -OCH3 is 1. The number of phenolic OH excluding ortho intramolecular Hbond substituents is 1. The van der Waals surface area contributed by atoms with E-state index in [1.165, 1.54) is 25.5 Å². The molecule has 0 aromatic heterocycles. The first-order chi connectivity index (χ1) is 16.5. The van der Waals surface area contributed by atoms with E-state index in [2.05, 4.69) is 15.8 Å². The maximum Gasteiger partial charge on any atom is 0.287 e. The highest BCUT2D eigenvalue weighted by molar-refractivity contribution is 6.05. The summed E-state index contributed by atoms with van der Waals surface area (Å²) < 4.78 is 15.8. The lowest BCUT2D eigenvalue weighted by molar-refractivity contribution is -0.117. The fourth-order valence-corrected chi connectivity index (χ4v) is 3.11. The minimum absolute atomic E-state index is 0.0127. The molecule has 3 aromatic carbocycles. The molecule has 9 heteroatoms. The van der Waals surface area contributed by atoms with Crippen LogP contribution in [0.2, 0.25) is 0 Å². The molecule has 3 aromatic rings. The number of aromatic hydroxyl groups is 1. The standard InChI is InChI=1S/C25H21N3O6/c1-32-22-13-17(7-9-20(22)29)14-26-28-25(31)19(27-24(30)18-5-3-2-4-6-18)11-16-8-10-21-23(12-16)34-15-33-21/h2-14,29H,15H2,1H3,(H,27,30)(H,28,31)/b19-11+,26-14+. The normalized spacial score (nSPS) is 12.4. The number of amides is 2. The molecule has 172 valence electrons. The SMILES string of the molecule is COc1cc(/C=N/NC(=O)/C(=C\c2ccc3c(c2)OCO3)NC(=O)c2ccccc2)ccc1O. The van der Waals surface area contributed by atoms with Crippen molar-refractivity contribution in [1.29, 1.82) is 0 Å². The average molecular weight is 459 g/mol. The van der Waals surface area contributed by atoms with E-state index in [1.54, 1.807) is 60.7 Å². The summed E-state index contributed by atoms with van der Waals surface area (Å²) in [7, 11) is 1.43. The zero-order chi connectivity index (χ0) is 23.9. The van der Waals surface area contributed by atoms with Crippen molar-refractivity contribution in [1.82, 2.24) is 10.7 Å². The predicted octanol–water partition coefficient (Wildman–Crippen LogP) is 3.05. The van der Waals surface area contributed by atoms with E-state index in [-0.39, 0.29) is 24.0 Å². The minimum Gasteiger partial charge on any atom is -0.504 e. The Labute approximate surface area is 195 Å². The fourth-order valence-electron chi connectivity index (χ4n) is 3.11. The third kappa shape index (κ3) is 5.33. The lowest BCUT2D eigenvalue weighted by atomic mass is 10.1. The third-order valence-corrected chi connectivity index (χ3v) is 4.82. The highest BCUT2D eigenvalue weighted by Crippen LogP contribution is 2.33. The maximum absolute atomic E-state index is 12.9. The van der Waals surface area contributed by atoms with Crippen LogP contribution in [0.3, 0.4) is 0 Å². The first-order valence-corrected chi connectivity index (χ1v) is 10.2. The van der Waals surface area contributed by atoms with Crippen molar-refractivity contribution in [3.8, 4) is 23.0 Å². The predicted molar refractivity (Wildman–Crippen MR) is 125 cm³/mol. The topological polar surface area (TPSA) is 118 Å². The molecular weight excluding hydrogens is 438 g/mol. The summed E-state index contributed by atoms with van der Waals surface area (Å²) in [6.45, 7) is 0.122. The number of phenols is 1. The largest absolute Gasteiger partial charge is 0.504 e. The van der Waals surface area contributed by atoms with E-state index in [4.69, 9.17) is 14.2 Å². The van der Waals surface area contributed by atoms with E-state index in [9.17, 15) is 14.7 Å². The molecular formula is C25H21N3O6. The number of nitrogens with one attached hydrogen (secondary N) is 2. The van der Waals surface area contributed by atoms with Crippen molar-refractivity contribution < 1.29 is 28.9 Å². The van der Waals surface area contributed by atoms with Gasteiger partial charge in [-0.25, -0.2) is 5.43 Å². The van der Waals surface area contributed by atoms with Crippen molar-refractivity contribution in [2.45, 2.75) is 0 Å². The van der Waals surface area contributed by atoms with Gasteiger partial charge >= 0.3 is 0 Å². The second-order valence-corrected chi connectivity index (χ2v) is 7.12. The number of ether oxygens (including phenoxy) is 3. The monoisotopic (exact) mass is 459 g/mol. The number of hydrogen-bond donors (Lipinski definition) is 3. The highest BCUT2D eigenvalue weighted by Gasteiger charge is 2.17. The average Bonchev–Trinajstić information content (AvgIpc) is 3.33. The Hall–Kier alpha value is -4.79. The number of hydrogen-bond acceptors (Lipinski definition) is 7. The van der Waals surface area contributed by atoms with Gasteiger partial charge in [0.05, 0.1) is 13.3 Å². The van der Waals surface area contributed by atoms with E-state index in [0.29, 0.717) is 28.2 Å². The molecule has 3 N–H and O–H groups in total. The molecule has 0 radical (unpaired) electrons. The van der Waals surface area contributed by atoms with E-state index >= 15 is 0 Å². The maximum atomic E-state index is 12.9. The number of carbonyl (C=O) groups excluding carboxylic acids is 2. The molecule has 0 fully saturated rings. The van der Waals surface area contributed by atoms with Crippen LogP contribution in [0.5, 0.6) is 23.0 Å². The van der Waals surface area contributed by atoms with Gasteiger partial charge in [0.15, 0.2) is 23.0 Å². The van der Waals surface area contributed by atoms with Crippen molar-refractivity contribution in [2.24, 2.45) is 5.10 Å². The van der Waals surface area contributed by atoms with Gasteiger partial charge in [0, 0.05) is 5.56 Å². The summed E-state index contributed by atoms with van der Waals surface area (Å²) in [5.41, 5.74) is 3.98. The molecule has 9 nitrogen and oxygen atoms in total. The molecule has 0 bridgehead atoms. The minimum atomic E-state index is -0.635. The summed E-state index contributed by atoms with van der Waals surface area (Å²) >= 11 is 0. The van der Waals surface area contributed by atoms with Gasteiger partial charge in [0.2, 0.25) is 6.79 Å². The summed E-state index contributed by atoms with van der Waals surface area (Å²) in [5, 5.41) is 16.3. The van der Waals surface area contributed by atoms with Gasteiger partial charge in [-0.15, -0.1) is 0 Å². The molecule has 0 unspecified atom stereocenters. The number of benzene rings is 3. The molecule has 0 atom stereocenters. The van der Waals surface area contributed by atoms with E-state index in [1.807, 2.05) is 0 Å². The quantitative estimate of drug-likeness (QED) is 0.284. The lowest BCUT2D eigenvalue weighted by Crippen LogP contribution is -2.32. The second-order valence-electron chi connectivity index (χ2n) is 7.12. The molecule has 2 amide bonds. The Bertz CT molecular complexity index is 1270. The molecule has 0 spiro atoms. The number of rotatable bonds is 7. The Kier molecular flexibility index (Phi) is 6.73. The number of fused-ring (bicyclic) bond motifs is 1. The van der Waals surface area contributed by atoms with Gasteiger partial charge in [-0.3, -0.25) is 9.59 Å². The summed E-state index contributed by atoms with van der Waals surface area (Å²) in [6.07, 6.45) is 2.90. The van der Waals surface area contributed by atoms with Gasteiger partial charge in [0.25, 0.3) is 11.8 Å². The molecule has 1 heterocycles. The fraction of sp³-hybridized carbons (Fsp3) is 0.0800. The van der Waals surface area contributed by atoms with Crippen LogP contribution in [-0.2, 0) is 4.79 Å². The highest BCUT2D eigenvalue weighted by atomic mass is 16.7. The zero-order valence-electron chi connectivity index (χ0n) is 18.1. The van der Waals surface area contributed by atoms with E-state index in [0.717, 1.165) is 0 Å². The molecule has 0 aliphatic carbocycles. The van der Waals surface area contributed by atoms with Crippen molar-refractivity contribution in [2.75, 3.05) is 13.9 Å². The summed E-state index contributed by atoms with van der Waals surface area (Å²) in [5.74, 6) is 0.321. The second kappa shape index (κ2) is 10.2. The smallest absolute Gasteiger partial charge is 0.287 e. The molecule has 1 aliphatic rings. The number of hydrazone groups is 1. The van der Waals surface area contributed by atoms with Crippen molar-refractivity contribution >= 4 is 24.1 Å². The first kappa shape index (κ1) is 22.4.